The molecule has 0 radical (unpaired) electrons. The molecule has 22 heavy (non-hydrogen) atoms. The second-order valence-electron chi connectivity index (χ2n) is 5.84. The minimum atomic E-state index is 0.0716. The van der Waals surface area contributed by atoms with Crippen LogP contribution in [-0.4, -0.2) is 25.5 Å². The minimum Gasteiger partial charge on any atom is -0.349 e. The van der Waals surface area contributed by atoms with Crippen LogP contribution in [0.3, 0.4) is 0 Å². The lowest BCUT2D eigenvalue weighted by Gasteiger charge is -2.23. The molecule has 1 atom stereocenters. The molecule has 0 saturated carbocycles. The Morgan fingerprint density at radius 1 is 1.41 bits per heavy atom. The molecule has 3 rings (SSSR count). The third-order valence-corrected chi connectivity index (χ3v) is 4.56. The average molecular weight is 322 g/mol. The van der Waals surface area contributed by atoms with Crippen LogP contribution in [0.4, 0.5) is 0 Å². The predicted octanol–water partition coefficient (Wildman–Crippen LogP) is 2.28. The number of hydrogen-bond acceptors (Lipinski definition) is 3. The largest absolute Gasteiger partial charge is 0.349 e. The maximum absolute atomic E-state index is 11.6. The Hall–Kier alpha value is -1.82. The van der Waals surface area contributed by atoms with Gasteiger partial charge in [0.2, 0.25) is 5.91 Å². The zero-order valence-corrected chi connectivity index (χ0v) is 13.8. The molecule has 0 bridgehead atoms. The van der Waals surface area contributed by atoms with Gasteiger partial charge in [-0.25, -0.2) is 0 Å². The van der Waals surface area contributed by atoms with Crippen molar-refractivity contribution in [2.75, 3.05) is 0 Å². The van der Waals surface area contributed by atoms with Gasteiger partial charge in [0.25, 0.3) is 0 Å². The maximum atomic E-state index is 11.6. The van der Waals surface area contributed by atoms with E-state index in [9.17, 15) is 4.79 Å². The summed E-state index contributed by atoms with van der Waals surface area (Å²) in [7, 11) is 1.82. The number of carbonyl (C=O) groups is 1. The molecule has 0 aromatic carbocycles. The fraction of sp³-hybridized carbons (Fsp3) is 0.533. The molecule has 118 valence electrons. The number of halogens is 1. The topological polar surface area (TPSA) is 64.7 Å². The van der Waals surface area contributed by atoms with Crippen LogP contribution in [0, 0.1) is 13.8 Å². The predicted molar refractivity (Wildman–Crippen MR) is 83.8 cm³/mol. The van der Waals surface area contributed by atoms with Crippen molar-refractivity contribution in [1.29, 1.82) is 0 Å². The van der Waals surface area contributed by atoms with Crippen molar-refractivity contribution < 1.29 is 4.79 Å². The van der Waals surface area contributed by atoms with Gasteiger partial charge in [0.05, 0.1) is 24.0 Å². The minimum absolute atomic E-state index is 0.0716. The van der Waals surface area contributed by atoms with Crippen LogP contribution in [0.2, 0.25) is 5.15 Å². The fourth-order valence-corrected chi connectivity index (χ4v) is 3.29. The van der Waals surface area contributed by atoms with E-state index in [0.29, 0.717) is 18.1 Å². The Bertz CT molecular complexity index is 698. The zero-order chi connectivity index (χ0) is 15.9. The van der Waals surface area contributed by atoms with Crippen molar-refractivity contribution in [3.05, 3.63) is 33.9 Å². The molecular formula is C15H20ClN5O. The standard InChI is InChI=1S/C15H20ClN5O/c1-9-15(12-5-4-6-14(22)17-12)10(2)21(18-9)8-11-7-13(16)20(3)19-11/h7,12H,4-6,8H2,1-3H3,(H,17,22). The number of nitrogens with one attached hydrogen (secondary N) is 1. The van der Waals surface area contributed by atoms with Crippen molar-refractivity contribution in [2.24, 2.45) is 7.05 Å². The summed E-state index contributed by atoms with van der Waals surface area (Å²) in [5, 5.41) is 12.7. The van der Waals surface area contributed by atoms with Gasteiger partial charge in [-0.15, -0.1) is 0 Å². The number of hydrogen-bond donors (Lipinski definition) is 1. The molecule has 1 saturated heterocycles. The smallest absolute Gasteiger partial charge is 0.220 e. The van der Waals surface area contributed by atoms with Crippen molar-refractivity contribution in [2.45, 2.75) is 45.7 Å². The molecule has 2 aromatic heterocycles. The number of carbonyl (C=O) groups excluding carboxylic acids is 1. The van der Waals surface area contributed by atoms with Crippen LogP contribution in [0.25, 0.3) is 0 Å². The SMILES string of the molecule is Cc1nn(Cc2cc(Cl)n(C)n2)c(C)c1C1CCCC(=O)N1. The lowest BCUT2D eigenvalue weighted by atomic mass is 9.96. The molecule has 6 nitrogen and oxygen atoms in total. The molecule has 0 spiro atoms. The highest BCUT2D eigenvalue weighted by atomic mass is 35.5. The number of aryl methyl sites for hydroxylation is 2. The molecule has 1 N–H and O–H groups in total. The van der Waals surface area contributed by atoms with E-state index in [1.807, 2.05) is 31.6 Å². The van der Waals surface area contributed by atoms with Crippen LogP contribution in [-0.2, 0) is 18.4 Å². The van der Waals surface area contributed by atoms with Crippen molar-refractivity contribution >= 4 is 17.5 Å². The van der Waals surface area contributed by atoms with Gasteiger partial charge in [-0.1, -0.05) is 11.6 Å². The summed E-state index contributed by atoms with van der Waals surface area (Å²) in [6.45, 7) is 4.61. The summed E-state index contributed by atoms with van der Waals surface area (Å²) in [6, 6.07) is 1.92. The second kappa shape index (κ2) is 5.76. The molecule has 1 fully saturated rings. The lowest BCUT2D eigenvalue weighted by molar-refractivity contribution is -0.123. The van der Waals surface area contributed by atoms with Gasteiger partial charge in [0.1, 0.15) is 5.15 Å². The number of aromatic nitrogens is 4. The number of rotatable bonds is 3. The van der Waals surface area contributed by atoms with Gasteiger partial charge in [-0.2, -0.15) is 10.2 Å². The quantitative estimate of drug-likeness (QED) is 0.943. The van der Waals surface area contributed by atoms with Gasteiger partial charge in [0, 0.05) is 30.8 Å². The van der Waals surface area contributed by atoms with E-state index in [1.54, 1.807) is 4.68 Å². The first-order chi connectivity index (χ1) is 10.5. The van der Waals surface area contributed by atoms with E-state index >= 15 is 0 Å². The summed E-state index contributed by atoms with van der Waals surface area (Å²) in [6.07, 6.45) is 2.51. The third kappa shape index (κ3) is 2.75. The number of nitrogens with zero attached hydrogens (tertiary/aromatic N) is 4. The van der Waals surface area contributed by atoms with Gasteiger partial charge in [-0.3, -0.25) is 14.2 Å². The summed E-state index contributed by atoms with van der Waals surface area (Å²) >= 11 is 6.03. The summed E-state index contributed by atoms with van der Waals surface area (Å²) in [4.78, 5) is 11.6. The summed E-state index contributed by atoms with van der Waals surface area (Å²) < 4.78 is 3.58. The average Bonchev–Trinajstić information content (AvgIpc) is 2.90. The maximum Gasteiger partial charge on any atom is 0.220 e. The molecule has 1 unspecified atom stereocenters. The van der Waals surface area contributed by atoms with Gasteiger partial charge in [-0.05, 0) is 26.7 Å². The van der Waals surface area contributed by atoms with Crippen LogP contribution in [0.5, 0.6) is 0 Å². The Kier molecular flexibility index (Phi) is 3.95. The van der Waals surface area contributed by atoms with E-state index in [2.05, 4.69) is 15.5 Å². The van der Waals surface area contributed by atoms with E-state index in [4.69, 9.17) is 11.6 Å². The number of piperidine rings is 1. The van der Waals surface area contributed by atoms with Crippen molar-refractivity contribution in [3.8, 4) is 0 Å². The highest BCUT2D eigenvalue weighted by molar-refractivity contribution is 6.29. The molecular weight excluding hydrogens is 302 g/mol. The normalized spacial score (nSPS) is 18.5. The van der Waals surface area contributed by atoms with Gasteiger partial charge < -0.3 is 5.32 Å². The first-order valence-corrected chi connectivity index (χ1v) is 7.85. The first kappa shape index (κ1) is 15.1. The highest BCUT2D eigenvalue weighted by Gasteiger charge is 2.25. The molecule has 7 heteroatoms. The molecule has 1 aliphatic rings. The second-order valence-corrected chi connectivity index (χ2v) is 6.22. The Morgan fingerprint density at radius 2 is 2.18 bits per heavy atom. The van der Waals surface area contributed by atoms with Crippen LogP contribution >= 0.6 is 11.6 Å². The van der Waals surface area contributed by atoms with Crippen LogP contribution in [0.1, 0.15) is 47.9 Å². The van der Waals surface area contributed by atoms with E-state index in [1.165, 1.54) is 0 Å². The molecule has 1 aliphatic heterocycles. The van der Waals surface area contributed by atoms with Crippen molar-refractivity contribution in [1.82, 2.24) is 24.9 Å². The summed E-state index contributed by atoms with van der Waals surface area (Å²) in [5.74, 6) is 0.124. The molecule has 2 aromatic rings. The molecule has 3 heterocycles. The fourth-order valence-electron chi connectivity index (χ4n) is 3.12. The Morgan fingerprint density at radius 3 is 2.82 bits per heavy atom. The zero-order valence-electron chi connectivity index (χ0n) is 13.1. The van der Waals surface area contributed by atoms with Gasteiger partial charge >= 0.3 is 0 Å². The van der Waals surface area contributed by atoms with Crippen LogP contribution in [0.15, 0.2) is 6.07 Å². The van der Waals surface area contributed by atoms with Crippen molar-refractivity contribution in [3.63, 3.8) is 0 Å². The van der Waals surface area contributed by atoms with E-state index < -0.39 is 0 Å². The first-order valence-electron chi connectivity index (χ1n) is 7.47. The lowest BCUT2D eigenvalue weighted by Crippen LogP contribution is -2.33. The Labute approximate surface area is 134 Å². The third-order valence-electron chi connectivity index (χ3n) is 4.20. The summed E-state index contributed by atoms with van der Waals surface area (Å²) in [5.41, 5.74) is 4.05. The van der Waals surface area contributed by atoms with E-state index in [0.717, 1.165) is 35.5 Å². The van der Waals surface area contributed by atoms with Gasteiger partial charge in [0.15, 0.2) is 0 Å². The molecule has 0 aliphatic carbocycles. The number of amides is 1. The Balaban J connectivity index is 1.87. The van der Waals surface area contributed by atoms with E-state index in [-0.39, 0.29) is 11.9 Å². The highest BCUT2D eigenvalue weighted by Crippen LogP contribution is 2.28. The molecule has 1 amide bonds. The monoisotopic (exact) mass is 321 g/mol. The van der Waals surface area contributed by atoms with Crippen LogP contribution < -0.4 is 5.32 Å².